The first-order valence-electron chi connectivity index (χ1n) is 9.05. The summed E-state index contributed by atoms with van der Waals surface area (Å²) in [4.78, 5) is 11.4. The molecule has 4 heteroatoms. The highest BCUT2D eigenvalue weighted by atomic mass is 15.1. The normalized spacial score (nSPS) is 17.5. The van der Waals surface area contributed by atoms with E-state index in [1.165, 1.54) is 31.5 Å². The first kappa shape index (κ1) is 16.9. The summed E-state index contributed by atoms with van der Waals surface area (Å²) < 4.78 is 2.16. The van der Waals surface area contributed by atoms with Crippen LogP contribution in [0.3, 0.4) is 0 Å². The van der Waals surface area contributed by atoms with Crippen LogP contribution in [0.1, 0.15) is 37.1 Å². The van der Waals surface area contributed by atoms with E-state index in [0.717, 1.165) is 37.7 Å². The molecule has 2 aromatic rings. The Bertz CT molecular complexity index is 633. The van der Waals surface area contributed by atoms with Crippen LogP contribution in [0.2, 0.25) is 0 Å². The van der Waals surface area contributed by atoms with Gasteiger partial charge in [0.2, 0.25) is 0 Å². The zero-order chi connectivity index (χ0) is 16.6. The molecule has 0 bridgehead atoms. The number of hydrogen-bond acceptors (Lipinski definition) is 3. The Morgan fingerprint density at radius 1 is 1.29 bits per heavy atom. The number of imidazole rings is 1. The minimum atomic E-state index is 0.785. The van der Waals surface area contributed by atoms with Crippen LogP contribution in [-0.2, 0) is 13.1 Å². The highest BCUT2D eigenvalue weighted by Crippen LogP contribution is 2.20. The summed E-state index contributed by atoms with van der Waals surface area (Å²) >= 11 is 0. The van der Waals surface area contributed by atoms with Crippen molar-refractivity contribution >= 4 is 0 Å². The van der Waals surface area contributed by atoms with Crippen LogP contribution < -0.4 is 0 Å². The molecule has 2 aromatic heterocycles. The van der Waals surface area contributed by atoms with E-state index in [4.69, 9.17) is 4.98 Å². The van der Waals surface area contributed by atoms with Gasteiger partial charge in [0.15, 0.2) is 0 Å². The van der Waals surface area contributed by atoms with Gasteiger partial charge in [-0.1, -0.05) is 18.2 Å². The molecule has 1 aliphatic carbocycles. The molecular formula is C20H28N4. The van der Waals surface area contributed by atoms with Gasteiger partial charge in [-0.2, -0.15) is 0 Å². The summed E-state index contributed by atoms with van der Waals surface area (Å²) in [5, 5.41) is 0. The molecule has 0 saturated heterocycles. The fourth-order valence-electron chi connectivity index (χ4n) is 3.43. The van der Waals surface area contributed by atoms with E-state index >= 15 is 0 Å². The maximum absolute atomic E-state index is 4.69. The van der Waals surface area contributed by atoms with Gasteiger partial charge in [0, 0.05) is 44.3 Å². The van der Waals surface area contributed by atoms with Crippen LogP contribution in [0.4, 0.5) is 0 Å². The van der Waals surface area contributed by atoms with Crippen molar-refractivity contribution in [2.24, 2.45) is 5.92 Å². The van der Waals surface area contributed by atoms with Crippen molar-refractivity contribution in [3.05, 3.63) is 60.5 Å². The van der Waals surface area contributed by atoms with Crippen LogP contribution in [0.5, 0.6) is 0 Å². The van der Waals surface area contributed by atoms with Gasteiger partial charge in [-0.25, -0.2) is 4.98 Å². The second-order valence-corrected chi connectivity index (χ2v) is 6.81. The second-order valence-electron chi connectivity index (χ2n) is 6.81. The molecule has 0 saturated carbocycles. The van der Waals surface area contributed by atoms with E-state index in [-0.39, 0.29) is 0 Å². The van der Waals surface area contributed by atoms with Crippen molar-refractivity contribution in [2.75, 3.05) is 13.1 Å². The molecule has 0 aromatic carbocycles. The van der Waals surface area contributed by atoms with Crippen LogP contribution in [0, 0.1) is 12.8 Å². The van der Waals surface area contributed by atoms with E-state index in [1.54, 1.807) is 0 Å². The van der Waals surface area contributed by atoms with Crippen molar-refractivity contribution in [1.82, 2.24) is 19.4 Å². The van der Waals surface area contributed by atoms with Gasteiger partial charge in [-0.15, -0.1) is 0 Å². The fourth-order valence-corrected chi connectivity index (χ4v) is 3.43. The lowest BCUT2D eigenvalue weighted by Gasteiger charge is -2.28. The van der Waals surface area contributed by atoms with Gasteiger partial charge in [0.25, 0.3) is 0 Å². The predicted molar refractivity (Wildman–Crippen MR) is 97.6 cm³/mol. The Balaban J connectivity index is 1.57. The van der Waals surface area contributed by atoms with Crippen molar-refractivity contribution < 1.29 is 0 Å². The molecule has 1 unspecified atom stereocenters. The molecule has 1 aliphatic rings. The fraction of sp³-hybridized carbons (Fsp3) is 0.500. The Hall–Kier alpha value is -1.94. The lowest BCUT2D eigenvalue weighted by Crippen LogP contribution is -2.31. The number of rotatable bonds is 8. The maximum atomic E-state index is 4.69. The minimum Gasteiger partial charge on any atom is -0.337 e. The Kier molecular flexibility index (Phi) is 6.19. The molecule has 0 radical (unpaired) electrons. The van der Waals surface area contributed by atoms with Gasteiger partial charge in [-0.3, -0.25) is 9.88 Å². The summed E-state index contributed by atoms with van der Waals surface area (Å²) in [6.07, 6.45) is 15.4. The van der Waals surface area contributed by atoms with Crippen molar-refractivity contribution in [3.8, 4) is 0 Å². The second kappa shape index (κ2) is 8.78. The van der Waals surface area contributed by atoms with Crippen LogP contribution in [0.25, 0.3) is 0 Å². The molecule has 0 aliphatic heterocycles. The lowest BCUT2D eigenvalue weighted by atomic mass is 9.94. The van der Waals surface area contributed by atoms with Crippen LogP contribution in [0.15, 0.2) is 49.1 Å². The van der Waals surface area contributed by atoms with Gasteiger partial charge in [-0.05, 0) is 50.7 Å². The van der Waals surface area contributed by atoms with Gasteiger partial charge < -0.3 is 4.57 Å². The van der Waals surface area contributed by atoms with Crippen molar-refractivity contribution in [3.63, 3.8) is 0 Å². The lowest BCUT2D eigenvalue weighted by molar-refractivity contribution is 0.207. The van der Waals surface area contributed by atoms with E-state index in [0.29, 0.717) is 0 Å². The minimum absolute atomic E-state index is 0.785. The number of aryl methyl sites for hydroxylation is 2. The Labute approximate surface area is 145 Å². The standard InChI is InChI=1S/C20H28N4/c1-18-7-5-10-20(22-18)16-24(15-19-8-3-2-4-9-19)13-6-12-23-14-11-21-17-23/h2-3,5,7,10-11,14,17,19H,4,6,8-9,12-13,15-16H2,1H3. The molecule has 0 fully saturated rings. The van der Waals surface area contributed by atoms with Gasteiger partial charge >= 0.3 is 0 Å². The SMILES string of the molecule is Cc1cccc(CN(CCCn2ccnc2)CC2CC=CCC2)n1. The number of pyridine rings is 1. The molecule has 2 heterocycles. The summed E-state index contributed by atoms with van der Waals surface area (Å²) in [7, 11) is 0. The van der Waals surface area contributed by atoms with Crippen molar-refractivity contribution in [1.29, 1.82) is 0 Å². The van der Waals surface area contributed by atoms with Gasteiger partial charge in [0.1, 0.15) is 0 Å². The van der Waals surface area contributed by atoms with Crippen molar-refractivity contribution in [2.45, 2.75) is 45.7 Å². The topological polar surface area (TPSA) is 34.0 Å². The molecule has 128 valence electrons. The van der Waals surface area contributed by atoms with E-state index in [1.807, 2.05) is 18.7 Å². The Morgan fingerprint density at radius 3 is 3.00 bits per heavy atom. The summed E-state index contributed by atoms with van der Waals surface area (Å²) in [6.45, 7) is 6.32. The molecule has 3 rings (SSSR count). The van der Waals surface area contributed by atoms with E-state index < -0.39 is 0 Å². The highest BCUT2D eigenvalue weighted by molar-refractivity contribution is 5.09. The molecule has 0 spiro atoms. The molecule has 0 amide bonds. The third-order valence-electron chi connectivity index (χ3n) is 4.68. The molecule has 4 nitrogen and oxygen atoms in total. The smallest absolute Gasteiger partial charge is 0.0945 e. The first-order valence-corrected chi connectivity index (χ1v) is 9.05. The third kappa shape index (κ3) is 5.31. The number of aromatic nitrogens is 3. The average molecular weight is 324 g/mol. The predicted octanol–water partition coefficient (Wildman–Crippen LogP) is 3.84. The molecule has 24 heavy (non-hydrogen) atoms. The molecular weight excluding hydrogens is 296 g/mol. The Morgan fingerprint density at radius 2 is 2.25 bits per heavy atom. The summed E-state index contributed by atoms with van der Waals surface area (Å²) in [5.41, 5.74) is 2.29. The zero-order valence-electron chi connectivity index (χ0n) is 14.6. The van der Waals surface area contributed by atoms with Crippen LogP contribution >= 0.6 is 0 Å². The van der Waals surface area contributed by atoms with Crippen LogP contribution in [-0.4, -0.2) is 32.5 Å². The third-order valence-corrected chi connectivity index (χ3v) is 4.68. The monoisotopic (exact) mass is 324 g/mol. The largest absolute Gasteiger partial charge is 0.337 e. The van der Waals surface area contributed by atoms with E-state index in [9.17, 15) is 0 Å². The van der Waals surface area contributed by atoms with Gasteiger partial charge in [0.05, 0.1) is 12.0 Å². The zero-order valence-corrected chi connectivity index (χ0v) is 14.6. The molecule has 0 N–H and O–H groups in total. The highest BCUT2D eigenvalue weighted by Gasteiger charge is 2.15. The molecule has 1 atom stereocenters. The quantitative estimate of drug-likeness (QED) is 0.692. The average Bonchev–Trinajstić information content (AvgIpc) is 3.09. The summed E-state index contributed by atoms with van der Waals surface area (Å²) in [5.74, 6) is 0.785. The van der Waals surface area contributed by atoms with E-state index in [2.05, 4.69) is 51.7 Å². The first-order chi connectivity index (χ1) is 11.8. The number of nitrogens with zero attached hydrogens (tertiary/aromatic N) is 4. The maximum Gasteiger partial charge on any atom is 0.0945 e. The number of allylic oxidation sites excluding steroid dienone is 2. The summed E-state index contributed by atoms with van der Waals surface area (Å²) in [6, 6.07) is 6.33. The number of hydrogen-bond donors (Lipinski definition) is 0.